The lowest BCUT2D eigenvalue weighted by Gasteiger charge is -2.19. The number of hydrogen-bond donors (Lipinski definition) is 0. The molecule has 0 unspecified atom stereocenters. The van der Waals surface area contributed by atoms with Crippen LogP contribution in [0.15, 0.2) is 12.1 Å². The van der Waals surface area contributed by atoms with E-state index in [9.17, 15) is 4.39 Å². The topological polar surface area (TPSA) is 23.8 Å². The molecule has 1 aromatic carbocycles. The van der Waals surface area contributed by atoms with Crippen molar-refractivity contribution >= 4 is 11.6 Å². The molecule has 0 aliphatic carbocycles. The van der Waals surface area contributed by atoms with E-state index in [1.54, 1.807) is 26.8 Å². The highest BCUT2D eigenvalue weighted by molar-refractivity contribution is 6.30. The van der Waals surface area contributed by atoms with Gasteiger partial charge in [-0.3, -0.25) is 0 Å². The Bertz CT molecular complexity index is 404. The minimum atomic E-state index is -0.848. The van der Waals surface area contributed by atoms with Crippen molar-refractivity contribution in [3.05, 3.63) is 34.1 Å². The molecule has 0 saturated carbocycles. The van der Waals surface area contributed by atoms with Gasteiger partial charge in [-0.2, -0.15) is 5.26 Å². The minimum Gasteiger partial charge on any atom is -0.205 e. The predicted molar refractivity (Wildman–Crippen MR) is 54.8 cm³/mol. The lowest BCUT2D eigenvalue weighted by molar-refractivity contribution is 0.561. The van der Waals surface area contributed by atoms with Crippen LogP contribution in [0.3, 0.4) is 0 Å². The first-order chi connectivity index (χ1) is 6.40. The van der Waals surface area contributed by atoms with Gasteiger partial charge >= 0.3 is 0 Å². The Kier molecular flexibility index (Phi) is 2.82. The summed E-state index contributed by atoms with van der Waals surface area (Å²) in [6.07, 6.45) is 0. The van der Waals surface area contributed by atoms with Crippen molar-refractivity contribution in [2.75, 3.05) is 0 Å². The van der Waals surface area contributed by atoms with Crippen molar-refractivity contribution in [3.63, 3.8) is 0 Å². The van der Waals surface area contributed by atoms with E-state index in [2.05, 4.69) is 6.07 Å². The van der Waals surface area contributed by atoms with Gasteiger partial charge in [0.1, 0.15) is 5.82 Å². The van der Waals surface area contributed by atoms with Crippen LogP contribution < -0.4 is 0 Å². The van der Waals surface area contributed by atoms with E-state index in [1.807, 2.05) is 0 Å². The molecule has 0 amide bonds. The van der Waals surface area contributed by atoms with Gasteiger partial charge in [-0.15, -0.1) is 0 Å². The third kappa shape index (κ3) is 1.73. The first-order valence-corrected chi connectivity index (χ1v) is 4.64. The highest BCUT2D eigenvalue weighted by Gasteiger charge is 2.26. The molecular weight excluding hydrogens is 201 g/mol. The summed E-state index contributed by atoms with van der Waals surface area (Å²) in [4.78, 5) is 0. The van der Waals surface area contributed by atoms with E-state index in [1.165, 1.54) is 6.07 Å². The average Bonchev–Trinajstić information content (AvgIpc) is 2.12. The molecule has 0 saturated heterocycles. The zero-order chi connectivity index (χ0) is 10.9. The Hall–Kier alpha value is -1.07. The summed E-state index contributed by atoms with van der Waals surface area (Å²) in [6, 6.07) is 5.29. The van der Waals surface area contributed by atoms with E-state index in [4.69, 9.17) is 16.9 Å². The molecule has 0 fully saturated rings. The van der Waals surface area contributed by atoms with Gasteiger partial charge in [0.05, 0.1) is 16.5 Å². The molecule has 74 valence electrons. The molecule has 1 aromatic rings. The number of benzene rings is 1. The molecule has 0 bridgehead atoms. The Labute approximate surface area is 88.1 Å². The van der Waals surface area contributed by atoms with E-state index in [0.29, 0.717) is 5.56 Å². The Morgan fingerprint density at radius 2 is 2.00 bits per heavy atom. The van der Waals surface area contributed by atoms with Gasteiger partial charge in [-0.25, -0.2) is 4.39 Å². The maximum absolute atomic E-state index is 13.7. The van der Waals surface area contributed by atoms with Crippen LogP contribution >= 0.6 is 11.6 Å². The summed E-state index contributed by atoms with van der Waals surface area (Å²) in [7, 11) is 0. The lowest BCUT2D eigenvalue weighted by Crippen LogP contribution is -2.18. The molecule has 0 radical (unpaired) electrons. The van der Waals surface area contributed by atoms with E-state index < -0.39 is 11.2 Å². The van der Waals surface area contributed by atoms with Gasteiger partial charge in [-0.1, -0.05) is 17.7 Å². The van der Waals surface area contributed by atoms with Crippen molar-refractivity contribution < 1.29 is 4.39 Å². The van der Waals surface area contributed by atoms with Crippen LogP contribution in [0.2, 0.25) is 5.02 Å². The summed E-state index contributed by atoms with van der Waals surface area (Å²) in [5.74, 6) is -0.488. The van der Waals surface area contributed by atoms with E-state index in [-0.39, 0.29) is 5.02 Å². The number of hydrogen-bond acceptors (Lipinski definition) is 1. The third-order valence-corrected chi connectivity index (χ3v) is 2.50. The molecule has 14 heavy (non-hydrogen) atoms. The monoisotopic (exact) mass is 211 g/mol. The summed E-state index contributed by atoms with van der Waals surface area (Å²) in [5, 5.41) is 8.99. The number of nitrogens with zero attached hydrogens (tertiary/aromatic N) is 1. The van der Waals surface area contributed by atoms with Gasteiger partial charge in [0.25, 0.3) is 0 Å². The highest BCUT2D eigenvalue weighted by Crippen LogP contribution is 2.31. The average molecular weight is 212 g/mol. The van der Waals surface area contributed by atoms with Crippen LogP contribution in [0.1, 0.15) is 25.0 Å². The van der Waals surface area contributed by atoms with Gasteiger partial charge in [-0.05, 0) is 32.4 Å². The Morgan fingerprint density at radius 1 is 1.43 bits per heavy atom. The Morgan fingerprint density at radius 3 is 2.50 bits per heavy atom. The SMILES string of the molecule is Cc1ccc(Cl)c(F)c1C(C)(C)C#N. The second-order valence-corrected chi connectivity index (χ2v) is 4.20. The molecule has 0 aliphatic rings. The van der Waals surface area contributed by atoms with Crippen LogP contribution in [0.25, 0.3) is 0 Å². The van der Waals surface area contributed by atoms with Crippen LogP contribution in [0.4, 0.5) is 4.39 Å². The molecule has 0 heterocycles. The second-order valence-electron chi connectivity index (χ2n) is 3.79. The Balaban J connectivity index is 3.49. The smallest absolute Gasteiger partial charge is 0.146 e. The standard InChI is InChI=1S/C11H11ClFN/c1-7-4-5-8(12)10(13)9(7)11(2,3)6-14/h4-5H,1-3H3. The van der Waals surface area contributed by atoms with Crippen LogP contribution in [0.5, 0.6) is 0 Å². The fourth-order valence-electron chi connectivity index (χ4n) is 1.47. The summed E-state index contributed by atoms with van der Waals surface area (Å²) < 4.78 is 13.7. The molecular formula is C11H11ClFN. The quantitative estimate of drug-likeness (QED) is 0.697. The molecule has 0 N–H and O–H groups in total. The van der Waals surface area contributed by atoms with E-state index >= 15 is 0 Å². The third-order valence-electron chi connectivity index (χ3n) is 2.21. The number of nitriles is 1. The largest absolute Gasteiger partial charge is 0.205 e. The van der Waals surface area contributed by atoms with Crippen LogP contribution in [-0.2, 0) is 5.41 Å². The first kappa shape index (κ1) is 11.0. The number of aryl methyl sites for hydroxylation is 1. The summed E-state index contributed by atoms with van der Waals surface area (Å²) in [6.45, 7) is 5.12. The fourth-order valence-corrected chi connectivity index (χ4v) is 1.63. The van der Waals surface area contributed by atoms with Crippen LogP contribution in [0, 0.1) is 24.1 Å². The zero-order valence-corrected chi connectivity index (χ0v) is 9.11. The summed E-state index contributed by atoms with van der Waals surface area (Å²) in [5.41, 5.74) is 0.282. The predicted octanol–water partition coefficient (Wildman–Crippen LogP) is 3.59. The lowest BCUT2D eigenvalue weighted by atomic mass is 9.83. The molecule has 0 spiro atoms. The molecule has 3 heteroatoms. The van der Waals surface area contributed by atoms with Crippen molar-refractivity contribution in [1.82, 2.24) is 0 Å². The highest BCUT2D eigenvalue weighted by atomic mass is 35.5. The molecule has 1 nitrogen and oxygen atoms in total. The minimum absolute atomic E-state index is 0.0638. The van der Waals surface area contributed by atoms with E-state index in [0.717, 1.165) is 5.56 Å². The molecule has 0 aliphatic heterocycles. The maximum Gasteiger partial charge on any atom is 0.146 e. The maximum atomic E-state index is 13.7. The molecule has 0 aromatic heterocycles. The van der Waals surface area contributed by atoms with Gasteiger partial charge in [0, 0.05) is 5.56 Å². The van der Waals surface area contributed by atoms with Crippen molar-refractivity contribution in [3.8, 4) is 6.07 Å². The first-order valence-electron chi connectivity index (χ1n) is 4.26. The second kappa shape index (κ2) is 3.59. The zero-order valence-electron chi connectivity index (χ0n) is 8.36. The van der Waals surface area contributed by atoms with Gasteiger partial charge in [0.15, 0.2) is 0 Å². The van der Waals surface area contributed by atoms with Crippen molar-refractivity contribution in [1.29, 1.82) is 5.26 Å². The molecule has 1 rings (SSSR count). The van der Waals surface area contributed by atoms with Crippen molar-refractivity contribution in [2.45, 2.75) is 26.2 Å². The van der Waals surface area contributed by atoms with Crippen molar-refractivity contribution in [2.24, 2.45) is 0 Å². The van der Waals surface area contributed by atoms with Gasteiger partial charge < -0.3 is 0 Å². The molecule has 0 atom stereocenters. The fraction of sp³-hybridized carbons (Fsp3) is 0.364. The van der Waals surface area contributed by atoms with Crippen LogP contribution in [-0.4, -0.2) is 0 Å². The number of halogens is 2. The number of rotatable bonds is 1. The normalized spacial score (nSPS) is 11.1. The van der Waals surface area contributed by atoms with Gasteiger partial charge in [0.2, 0.25) is 0 Å². The summed E-state index contributed by atoms with van der Waals surface area (Å²) >= 11 is 5.66.